The number of nitrogens with zero attached hydrogens (tertiary/aromatic N) is 5. The van der Waals surface area contributed by atoms with Crippen molar-refractivity contribution in [1.82, 2.24) is 23.8 Å². The van der Waals surface area contributed by atoms with Crippen LogP contribution in [0.5, 0.6) is 0 Å². The monoisotopic (exact) mass is 510 g/mol. The van der Waals surface area contributed by atoms with E-state index in [-0.39, 0.29) is 6.04 Å². The van der Waals surface area contributed by atoms with E-state index in [1.807, 2.05) is 6.20 Å². The lowest BCUT2D eigenvalue weighted by molar-refractivity contribution is 0.190. The van der Waals surface area contributed by atoms with Crippen LogP contribution in [0.25, 0.3) is 0 Å². The minimum absolute atomic E-state index is 0.0540. The summed E-state index contributed by atoms with van der Waals surface area (Å²) >= 11 is 0. The van der Waals surface area contributed by atoms with Crippen molar-refractivity contribution in [2.45, 2.75) is 56.8 Å². The van der Waals surface area contributed by atoms with Gasteiger partial charge in [0.25, 0.3) is 10.2 Å². The third-order valence-electron chi connectivity index (χ3n) is 8.72. The van der Waals surface area contributed by atoms with E-state index in [0.717, 1.165) is 45.4 Å². The maximum atomic E-state index is 12.8. The van der Waals surface area contributed by atoms with Crippen molar-refractivity contribution in [1.29, 1.82) is 0 Å². The summed E-state index contributed by atoms with van der Waals surface area (Å²) in [4.78, 5) is 9.69. The van der Waals surface area contributed by atoms with E-state index in [1.54, 1.807) is 11.4 Å². The number of hydrogen-bond acceptors (Lipinski definition) is 6. The number of piperazine rings is 1. The standard InChI is InChI=1S/C27H38N6O2S/c1-30(26-10-3-6-20-8-5-12-28-27(20)26)18-22-16-24-21(17-29-22)7-4-9-25(24)32-14-15-33-23(19-32)11-13-31(2)36(33,34)35/h4-5,7-9,12,22-23,26,29H,3,6,10-11,13-19H2,1-2H3/t22-,23+,26+/m1/s1. The molecule has 9 heteroatoms. The minimum Gasteiger partial charge on any atom is -0.368 e. The summed E-state index contributed by atoms with van der Waals surface area (Å²) in [6.45, 7) is 4.52. The Labute approximate surface area is 215 Å². The molecule has 3 atom stereocenters. The van der Waals surface area contributed by atoms with E-state index in [4.69, 9.17) is 4.98 Å². The Kier molecular flexibility index (Phi) is 6.54. The number of aryl methyl sites for hydroxylation is 1. The van der Waals surface area contributed by atoms with Crippen LogP contribution < -0.4 is 10.2 Å². The molecule has 0 saturated carbocycles. The number of anilines is 1. The molecule has 1 aromatic heterocycles. The molecule has 6 rings (SSSR count). The fraction of sp³-hybridized carbons (Fsp3) is 0.593. The Hall–Kier alpha value is -2.04. The van der Waals surface area contributed by atoms with Crippen molar-refractivity contribution in [2.75, 3.05) is 51.7 Å². The van der Waals surface area contributed by atoms with Gasteiger partial charge in [-0.05, 0) is 68.0 Å². The molecule has 1 aromatic carbocycles. The number of hydrogen-bond donors (Lipinski definition) is 1. The van der Waals surface area contributed by atoms with Crippen LogP contribution in [0.15, 0.2) is 36.5 Å². The molecular weight excluding hydrogens is 472 g/mol. The molecule has 8 nitrogen and oxygen atoms in total. The van der Waals surface area contributed by atoms with E-state index in [9.17, 15) is 8.42 Å². The summed E-state index contributed by atoms with van der Waals surface area (Å²) in [5, 5.41) is 3.79. The highest BCUT2D eigenvalue weighted by atomic mass is 32.2. The predicted octanol–water partition coefficient (Wildman–Crippen LogP) is 2.18. The Morgan fingerprint density at radius 2 is 1.97 bits per heavy atom. The molecular formula is C27H38N6O2S. The highest BCUT2D eigenvalue weighted by Crippen LogP contribution is 2.35. The van der Waals surface area contributed by atoms with Crippen LogP contribution in [-0.2, 0) is 29.6 Å². The first-order valence-electron chi connectivity index (χ1n) is 13.4. The van der Waals surface area contributed by atoms with Gasteiger partial charge < -0.3 is 10.2 Å². The zero-order valence-electron chi connectivity index (χ0n) is 21.4. The van der Waals surface area contributed by atoms with Crippen LogP contribution in [0.3, 0.4) is 0 Å². The van der Waals surface area contributed by atoms with Gasteiger partial charge in [0, 0.05) is 70.3 Å². The first-order chi connectivity index (χ1) is 17.4. The largest absolute Gasteiger partial charge is 0.368 e. The van der Waals surface area contributed by atoms with E-state index in [0.29, 0.717) is 25.2 Å². The third-order valence-corrected chi connectivity index (χ3v) is 10.8. The highest BCUT2D eigenvalue weighted by Gasteiger charge is 2.41. The lowest BCUT2D eigenvalue weighted by atomic mass is 9.89. The second kappa shape index (κ2) is 9.68. The average Bonchev–Trinajstić information content (AvgIpc) is 2.90. The smallest absolute Gasteiger partial charge is 0.282 e. The quantitative estimate of drug-likeness (QED) is 0.680. The fourth-order valence-electron chi connectivity index (χ4n) is 6.73. The Morgan fingerprint density at radius 3 is 2.86 bits per heavy atom. The molecule has 2 fully saturated rings. The molecule has 194 valence electrons. The number of aromatic nitrogens is 1. The van der Waals surface area contributed by atoms with Gasteiger partial charge >= 0.3 is 0 Å². The van der Waals surface area contributed by atoms with Gasteiger partial charge in [0.1, 0.15) is 0 Å². The average molecular weight is 511 g/mol. The Balaban J connectivity index is 1.17. The van der Waals surface area contributed by atoms with Gasteiger partial charge in [-0.15, -0.1) is 0 Å². The van der Waals surface area contributed by atoms with Crippen LogP contribution in [0.1, 0.15) is 47.7 Å². The predicted molar refractivity (Wildman–Crippen MR) is 142 cm³/mol. The molecule has 0 spiro atoms. The molecule has 4 aliphatic rings. The molecule has 1 N–H and O–H groups in total. The van der Waals surface area contributed by atoms with Crippen LogP contribution in [0, 0.1) is 0 Å². The molecule has 0 bridgehead atoms. The van der Waals surface area contributed by atoms with E-state index < -0.39 is 10.2 Å². The molecule has 2 aromatic rings. The van der Waals surface area contributed by atoms with Crippen LogP contribution in [0.2, 0.25) is 0 Å². The zero-order chi connectivity index (χ0) is 24.9. The number of rotatable bonds is 4. The Bertz CT molecular complexity index is 1220. The summed E-state index contributed by atoms with van der Waals surface area (Å²) < 4.78 is 28.8. The van der Waals surface area contributed by atoms with Crippen LogP contribution in [0.4, 0.5) is 5.69 Å². The number of benzene rings is 1. The number of fused-ring (bicyclic) bond motifs is 3. The van der Waals surface area contributed by atoms with Crippen molar-refractivity contribution in [3.05, 3.63) is 58.9 Å². The second-order valence-electron chi connectivity index (χ2n) is 10.9. The Morgan fingerprint density at radius 1 is 1.11 bits per heavy atom. The lowest BCUT2D eigenvalue weighted by Crippen LogP contribution is -2.61. The molecule has 0 unspecified atom stereocenters. The number of nitrogens with one attached hydrogen (secondary N) is 1. The van der Waals surface area contributed by atoms with Gasteiger partial charge in [0.15, 0.2) is 0 Å². The fourth-order valence-corrected chi connectivity index (χ4v) is 8.29. The molecule has 1 aliphatic carbocycles. The van der Waals surface area contributed by atoms with Crippen molar-refractivity contribution >= 4 is 15.9 Å². The lowest BCUT2D eigenvalue weighted by Gasteiger charge is -2.46. The van der Waals surface area contributed by atoms with E-state index in [1.165, 1.54) is 45.2 Å². The summed E-state index contributed by atoms with van der Waals surface area (Å²) in [6, 6.07) is 11.7. The molecule has 2 saturated heterocycles. The topological polar surface area (TPSA) is 72.0 Å². The van der Waals surface area contributed by atoms with Crippen LogP contribution >= 0.6 is 0 Å². The number of likely N-dealkylation sites (N-methyl/N-ethyl adjacent to an activating group) is 1. The van der Waals surface area contributed by atoms with Crippen molar-refractivity contribution in [3.8, 4) is 0 Å². The highest BCUT2D eigenvalue weighted by molar-refractivity contribution is 7.86. The van der Waals surface area contributed by atoms with Crippen LogP contribution in [-0.4, -0.2) is 85.8 Å². The van der Waals surface area contributed by atoms with E-state index in [2.05, 4.69) is 52.5 Å². The van der Waals surface area contributed by atoms with Crippen molar-refractivity contribution in [2.24, 2.45) is 0 Å². The minimum atomic E-state index is -3.32. The van der Waals surface area contributed by atoms with Gasteiger partial charge in [-0.3, -0.25) is 9.88 Å². The zero-order valence-corrected chi connectivity index (χ0v) is 22.3. The molecule has 36 heavy (non-hydrogen) atoms. The first kappa shape index (κ1) is 24.3. The molecule has 4 heterocycles. The third kappa shape index (κ3) is 4.35. The maximum absolute atomic E-state index is 12.8. The van der Waals surface area contributed by atoms with Crippen molar-refractivity contribution < 1.29 is 8.42 Å². The maximum Gasteiger partial charge on any atom is 0.282 e. The summed E-state index contributed by atoms with van der Waals surface area (Å²) in [5.41, 5.74) is 6.76. The normalized spacial score (nSPS) is 28.4. The summed E-state index contributed by atoms with van der Waals surface area (Å²) in [6.07, 6.45) is 7.33. The van der Waals surface area contributed by atoms with E-state index >= 15 is 0 Å². The SMILES string of the molecule is CN(C[C@H]1Cc2c(cccc2N2CCN3[C@@H](CCN(C)S3(=O)=O)C2)CN1)[C@H]1CCCc2cccnc21. The van der Waals surface area contributed by atoms with Gasteiger partial charge in [0.05, 0.1) is 11.7 Å². The van der Waals surface area contributed by atoms with Crippen molar-refractivity contribution in [3.63, 3.8) is 0 Å². The second-order valence-corrected chi connectivity index (χ2v) is 12.9. The van der Waals surface area contributed by atoms with Gasteiger partial charge in [-0.1, -0.05) is 18.2 Å². The van der Waals surface area contributed by atoms with Gasteiger partial charge in [-0.2, -0.15) is 17.0 Å². The number of pyridine rings is 1. The van der Waals surface area contributed by atoms with Gasteiger partial charge in [-0.25, -0.2) is 0 Å². The van der Waals surface area contributed by atoms with Gasteiger partial charge in [0.2, 0.25) is 0 Å². The molecule has 3 aliphatic heterocycles. The first-order valence-corrected chi connectivity index (χ1v) is 14.8. The summed E-state index contributed by atoms with van der Waals surface area (Å²) in [7, 11) is 0.619. The molecule has 0 amide bonds. The molecule has 0 radical (unpaired) electrons. The summed E-state index contributed by atoms with van der Waals surface area (Å²) in [5.74, 6) is 0.